The second-order valence-electron chi connectivity index (χ2n) is 6.17. The molecule has 0 saturated heterocycles. The van der Waals surface area contributed by atoms with E-state index in [4.69, 9.17) is 9.47 Å². The Morgan fingerprint density at radius 1 is 1.15 bits per heavy atom. The maximum Gasteiger partial charge on any atom is 0.252 e. The topological polar surface area (TPSA) is 60.5 Å². The molecule has 0 radical (unpaired) electrons. The summed E-state index contributed by atoms with van der Waals surface area (Å²) < 4.78 is 24.1. The molecule has 1 aromatic heterocycles. The van der Waals surface area contributed by atoms with Crippen molar-refractivity contribution in [2.24, 2.45) is 0 Å². The summed E-state index contributed by atoms with van der Waals surface area (Å²) in [5.74, 6) is 0.896. The van der Waals surface area contributed by atoms with Crippen LogP contribution in [0.2, 0.25) is 0 Å². The number of amides is 1. The molecule has 1 N–H and O–H groups in total. The normalized spacial score (nSPS) is 12.4. The zero-order chi connectivity index (χ0) is 18.1. The number of halogens is 1. The van der Waals surface area contributed by atoms with E-state index in [2.05, 4.69) is 10.3 Å². The number of carbonyl (C=O) groups is 1. The fourth-order valence-electron chi connectivity index (χ4n) is 3.03. The molecule has 4 rings (SSSR count). The van der Waals surface area contributed by atoms with E-state index in [0.717, 1.165) is 17.1 Å². The lowest BCUT2D eigenvalue weighted by Crippen LogP contribution is -2.26. The minimum Gasteiger partial charge on any atom is -0.454 e. The molecule has 0 spiro atoms. The third-order valence-electron chi connectivity index (χ3n) is 4.28. The van der Waals surface area contributed by atoms with Gasteiger partial charge >= 0.3 is 0 Å². The number of pyridine rings is 1. The van der Waals surface area contributed by atoms with Crippen molar-refractivity contribution in [2.75, 3.05) is 13.3 Å². The summed E-state index contributed by atoms with van der Waals surface area (Å²) in [6.07, 6.45) is 0.666. The number of rotatable bonds is 4. The molecule has 132 valence electrons. The zero-order valence-corrected chi connectivity index (χ0v) is 14.2. The summed E-state index contributed by atoms with van der Waals surface area (Å²) in [5, 5.41) is 3.55. The molecule has 6 heteroatoms. The van der Waals surface area contributed by atoms with Gasteiger partial charge in [0.1, 0.15) is 5.82 Å². The molecule has 3 aromatic rings. The minimum atomic E-state index is -0.371. The number of hydrogen-bond acceptors (Lipinski definition) is 4. The highest BCUT2D eigenvalue weighted by Gasteiger charge is 2.14. The monoisotopic (exact) mass is 352 g/mol. The molecule has 26 heavy (non-hydrogen) atoms. The van der Waals surface area contributed by atoms with E-state index in [9.17, 15) is 9.18 Å². The first-order valence-corrected chi connectivity index (χ1v) is 8.34. The van der Waals surface area contributed by atoms with Crippen LogP contribution in [-0.4, -0.2) is 24.2 Å². The van der Waals surface area contributed by atoms with Gasteiger partial charge in [-0.05, 0) is 49.2 Å². The van der Waals surface area contributed by atoms with Gasteiger partial charge in [-0.1, -0.05) is 6.07 Å². The molecule has 1 amide bonds. The van der Waals surface area contributed by atoms with Crippen molar-refractivity contribution in [3.8, 4) is 11.5 Å². The summed E-state index contributed by atoms with van der Waals surface area (Å²) in [7, 11) is 0. The van der Waals surface area contributed by atoms with Gasteiger partial charge in [-0.2, -0.15) is 0 Å². The van der Waals surface area contributed by atoms with Gasteiger partial charge in [0.05, 0.1) is 11.1 Å². The Bertz CT molecular complexity index is 999. The minimum absolute atomic E-state index is 0.201. The van der Waals surface area contributed by atoms with E-state index >= 15 is 0 Å². The van der Waals surface area contributed by atoms with Crippen LogP contribution >= 0.6 is 0 Å². The molecular formula is C20H17FN2O3. The summed E-state index contributed by atoms with van der Waals surface area (Å²) >= 11 is 0. The number of benzene rings is 2. The molecule has 1 aliphatic rings. The first kappa shape index (κ1) is 16.3. The predicted octanol–water partition coefficient (Wildman–Crippen LogP) is 3.38. The molecule has 0 saturated carbocycles. The molecule has 2 heterocycles. The summed E-state index contributed by atoms with van der Waals surface area (Å²) in [6, 6.07) is 11.7. The molecular weight excluding hydrogens is 335 g/mol. The van der Waals surface area contributed by atoms with E-state index in [0.29, 0.717) is 35.1 Å². The van der Waals surface area contributed by atoms with E-state index in [1.807, 2.05) is 18.2 Å². The Kier molecular flexibility index (Phi) is 4.16. The second-order valence-corrected chi connectivity index (χ2v) is 6.17. The highest BCUT2D eigenvalue weighted by atomic mass is 19.1. The second kappa shape index (κ2) is 6.63. The van der Waals surface area contributed by atoms with Gasteiger partial charge < -0.3 is 14.8 Å². The van der Waals surface area contributed by atoms with Crippen molar-refractivity contribution in [2.45, 2.75) is 13.3 Å². The van der Waals surface area contributed by atoms with Crippen molar-refractivity contribution in [3.05, 3.63) is 65.1 Å². The molecule has 0 aliphatic carbocycles. The Hall–Kier alpha value is -3.15. The summed E-state index contributed by atoms with van der Waals surface area (Å²) in [4.78, 5) is 16.9. The number of fused-ring (bicyclic) bond motifs is 2. The zero-order valence-electron chi connectivity index (χ0n) is 14.2. The number of nitrogens with zero attached hydrogens (tertiary/aromatic N) is 1. The standard InChI is InChI=1S/C20H17FN2O3/c1-12-8-16(15-4-3-14(21)10-17(15)23-12)20(24)22-7-6-13-2-5-18-19(9-13)26-11-25-18/h2-5,8-10H,6-7,11H2,1H3,(H,22,24). The number of ether oxygens (including phenoxy) is 2. The Balaban J connectivity index is 1.47. The van der Waals surface area contributed by atoms with Crippen LogP contribution in [0.25, 0.3) is 10.9 Å². The fraction of sp³-hybridized carbons (Fsp3) is 0.200. The molecule has 5 nitrogen and oxygen atoms in total. The third-order valence-corrected chi connectivity index (χ3v) is 4.28. The van der Waals surface area contributed by atoms with Gasteiger partial charge in [0.2, 0.25) is 6.79 Å². The van der Waals surface area contributed by atoms with Crippen molar-refractivity contribution in [1.29, 1.82) is 0 Å². The third kappa shape index (κ3) is 3.18. The number of aryl methyl sites for hydroxylation is 1. The van der Waals surface area contributed by atoms with Gasteiger partial charge in [0.15, 0.2) is 11.5 Å². The van der Waals surface area contributed by atoms with Gasteiger partial charge in [-0.15, -0.1) is 0 Å². The van der Waals surface area contributed by atoms with E-state index < -0.39 is 0 Å². The van der Waals surface area contributed by atoms with Gasteiger partial charge in [0, 0.05) is 23.7 Å². The van der Waals surface area contributed by atoms with Gasteiger partial charge in [0.25, 0.3) is 5.91 Å². The maximum absolute atomic E-state index is 13.4. The highest BCUT2D eigenvalue weighted by Crippen LogP contribution is 2.32. The van der Waals surface area contributed by atoms with Crippen LogP contribution in [0.1, 0.15) is 21.6 Å². The molecule has 1 aliphatic heterocycles. The van der Waals surface area contributed by atoms with Crippen molar-refractivity contribution >= 4 is 16.8 Å². The van der Waals surface area contributed by atoms with Crippen molar-refractivity contribution in [3.63, 3.8) is 0 Å². The molecule has 2 aromatic carbocycles. The van der Waals surface area contributed by atoms with Crippen LogP contribution in [0.15, 0.2) is 42.5 Å². The molecule has 0 bridgehead atoms. The number of hydrogen-bond donors (Lipinski definition) is 1. The lowest BCUT2D eigenvalue weighted by Gasteiger charge is -2.09. The van der Waals surface area contributed by atoms with Crippen LogP contribution < -0.4 is 14.8 Å². The molecule has 0 atom stereocenters. The van der Waals surface area contributed by atoms with Crippen molar-refractivity contribution < 1.29 is 18.7 Å². The van der Waals surface area contributed by atoms with E-state index in [1.54, 1.807) is 19.1 Å². The quantitative estimate of drug-likeness (QED) is 0.782. The lowest BCUT2D eigenvalue weighted by atomic mass is 10.1. The van der Waals surface area contributed by atoms with Crippen LogP contribution in [0.4, 0.5) is 4.39 Å². The Morgan fingerprint density at radius 2 is 2.00 bits per heavy atom. The average Bonchev–Trinajstić information content (AvgIpc) is 3.08. The highest BCUT2D eigenvalue weighted by molar-refractivity contribution is 6.06. The van der Waals surface area contributed by atoms with Crippen LogP contribution in [-0.2, 0) is 6.42 Å². The van der Waals surface area contributed by atoms with Crippen LogP contribution in [0, 0.1) is 12.7 Å². The van der Waals surface area contributed by atoms with Crippen LogP contribution in [0.3, 0.4) is 0 Å². The smallest absolute Gasteiger partial charge is 0.252 e. The lowest BCUT2D eigenvalue weighted by molar-refractivity contribution is 0.0955. The first-order chi connectivity index (χ1) is 12.6. The van der Waals surface area contributed by atoms with Gasteiger partial charge in [-0.3, -0.25) is 9.78 Å². The number of carbonyl (C=O) groups excluding carboxylic acids is 1. The van der Waals surface area contributed by atoms with E-state index in [-0.39, 0.29) is 18.5 Å². The number of aromatic nitrogens is 1. The fourth-order valence-corrected chi connectivity index (χ4v) is 3.03. The Labute approximate surface area is 149 Å². The SMILES string of the molecule is Cc1cc(C(=O)NCCc2ccc3c(c2)OCO3)c2ccc(F)cc2n1. The van der Waals surface area contributed by atoms with E-state index in [1.165, 1.54) is 12.1 Å². The Morgan fingerprint density at radius 3 is 2.88 bits per heavy atom. The van der Waals surface area contributed by atoms with Crippen molar-refractivity contribution in [1.82, 2.24) is 10.3 Å². The summed E-state index contributed by atoms with van der Waals surface area (Å²) in [6.45, 7) is 2.50. The largest absolute Gasteiger partial charge is 0.454 e. The average molecular weight is 352 g/mol. The number of nitrogens with one attached hydrogen (secondary N) is 1. The maximum atomic E-state index is 13.4. The van der Waals surface area contributed by atoms with Crippen LogP contribution in [0.5, 0.6) is 11.5 Å². The predicted molar refractivity (Wildman–Crippen MR) is 95.0 cm³/mol. The molecule has 0 unspecified atom stereocenters. The first-order valence-electron chi connectivity index (χ1n) is 8.34. The molecule has 0 fully saturated rings. The van der Waals surface area contributed by atoms with Gasteiger partial charge in [-0.25, -0.2) is 4.39 Å². The summed E-state index contributed by atoms with van der Waals surface area (Å²) in [5.41, 5.74) is 2.69.